The molecule has 176 valence electrons. The Balaban J connectivity index is 1.22. The SMILES string of the molecule is Cc1ccccc1NC(=O)N1CCC2(CC1)NC(C(=O)NCCc1ccc(Cl)cc1Cl)CS2. The summed E-state index contributed by atoms with van der Waals surface area (Å²) in [6.07, 6.45) is 2.27. The maximum absolute atomic E-state index is 12.7. The van der Waals surface area contributed by atoms with E-state index in [1.165, 1.54) is 0 Å². The third-order valence-electron chi connectivity index (χ3n) is 6.23. The number of urea groups is 1. The number of thioether (sulfide) groups is 1. The van der Waals surface area contributed by atoms with E-state index in [4.69, 9.17) is 23.2 Å². The zero-order valence-corrected chi connectivity index (χ0v) is 20.8. The second kappa shape index (κ2) is 10.6. The van der Waals surface area contributed by atoms with Gasteiger partial charge in [0.25, 0.3) is 0 Å². The Morgan fingerprint density at radius 3 is 2.67 bits per heavy atom. The third kappa shape index (κ3) is 5.96. The average molecular weight is 507 g/mol. The highest BCUT2D eigenvalue weighted by molar-refractivity contribution is 8.01. The predicted octanol–water partition coefficient (Wildman–Crippen LogP) is 4.69. The molecule has 1 atom stereocenters. The quantitative estimate of drug-likeness (QED) is 0.549. The van der Waals surface area contributed by atoms with E-state index in [0.29, 0.717) is 36.1 Å². The number of amides is 3. The number of likely N-dealkylation sites (tertiary alicyclic amines) is 1. The van der Waals surface area contributed by atoms with Crippen LogP contribution in [0.25, 0.3) is 0 Å². The minimum absolute atomic E-state index is 0.00388. The molecule has 3 amide bonds. The normalized spacial score (nSPS) is 19.5. The van der Waals surface area contributed by atoms with Gasteiger partial charge in [0.1, 0.15) is 0 Å². The summed E-state index contributed by atoms with van der Waals surface area (Å²) in [6.45, 7) is 3.81. The molecule has 2 aromatic carbocycles. The Morgan fingerprint density at radius 1 is 1.18 bits per heavy atom. The number of para-hydroxylation sites is 1. The lowest BCUT2D eigenvalue weighted by Crippen LogP contribution is -2.55. The molecule has 2 aliphatic heterocycles. The van der Waals surface area contributed by atoms with Crippen LogP contribution in [-0.4, -0.2) is 53.1 Å². The lowest BCUT2D eigenvalue weighted by molar-refractivity contribution is -0.122. The van der Waals surface area contributed by atoms with Crippen molar-refractivity contribution in [1.82, 2.24) is 15.5 Å². The van der Waals surface area contributed by atoms with Gasteiger partial charge in [0.2, 0.25) is 5.91 Å². The molecule has 2 aromatic rings. The van der Waals surface area contributed by atoms with Crippen molar-refractivity contribution in [1.29, 1.82) is 0 Å². The first-order valence-corrected chi connectivity index (χ1v) is 12.8. The lowest BCUT2D eigenvalue weighted by atomic mass is 10.0. The number of carbonyl (C=O) groups is 2. The first-order chi connectivity index (χ1) is 15.8. The monoisotopic (exact) mass is 506 g/mol. The smallest absolute Gasteiger partial charge is 0.321 e. The van der Waals surface area contributed by atoms with Crippen molar-refractivity contribution in [3.63, 3.8) is 0 Å². The van der Waals surface area contributed by atoms with Gasteiger partial charge in [0.05, 0.1) is 10.9 Å². The number of rotatable bonds is 5. The van der Waals surface area contributed by atoms with E-state index in [1.807, 2.05) is 42.2 Å². The number of hydrogen-bond acceptors (Lipinski definition) is 4. The molecular weight excluding hydrogens is 479 g/mol. The van der Waals surface area contributed by atoms with Gasteiger partial charge in [-0.1, -0.05) is 47.5 Å². The van der Waals surface area contributed by atoms with Crippen LogP contribution in [0.15, 0.2) is 42.5 Å². The maximum atomic E-state index is 12.7. The predicted molar refractivity (Wildman–Crippen MR) is 136 cm³/mol. The molecule has 1 unspecified atom stereocenters. The summed E-state index contributed by atoms with van der Waals surface area (Å²) in [5, 5.41) is 10.8. The fourth-order valence-corrected chi connectivity index (χ4v) is 6.14. The Bertz CT molecular complexity index is 1030. The van der Waals surface area contributed by atoms with E-state index in [0.717, 1.165) is 35.4 Å². The van der Waals surface area contributed by atoms with Crippen molar-refractivity contribution in [3.8, 4) is 0 Å². The van der Waals surface area contributed by atoms with Crippen LogP contribution in [0, 0.1) is 6.92 Å². The highest BCUT2D eigenvalue weighted by Crippen LogP contribution is 2.39. The molecular formula is C24H28Cl2N4O2S. The molecule has 4 rings (SSSR count). The second-order valence-electron chi connectivity index (χ2n) is 8.51. The van der Waals surface area contributed by atoms with Crippen molar-refractivity contribution < 1.29 is 9.59 Å². The summed E-state index contributed by atoms with van der Waals surface area (Å²) >= 11 is 13.9. The summed E-state index contributed by atoms with van der Waals surface area (Å²) < 4.78 is 0. The largest absolute Gasteiger partial charge is 0.354 e. The van der Waals surface area contributed by atoms with Crippen LogP contribution in [0.2, 0.25) is 10.0 Å². The van der Waals surface area contributed by atoms with E-state index >= 15 is 0 Å². The zero-order chi connectivity index (χ0) is 23.4. The first kappa shape index (κ1) is 24.2. The standard InChI is InChI=1S/C24H28Cl2N4O2S/c1-16-4-2-3-5-20(16)28-23(32)30-12-9-24(10-13-30)29-21(15-33-24)22(31)27-11-8-17-6-7-18(25)14-19(17)26/h2-7,14,21,29H,8-13,15H2,1H3,(H,27,31)(H,28,32). The Morgan fingerprint density at radius 2 is 1.94 bits per heavy atom. The number of hydrogen-bond donors (Lipinski definition) is 3. The first-order valence-electron chi connectivity index (χ1n) is 11.1. The summed E-state index contributed by atoms with van der Waals surface area (Å²) in [6, 6.07) is 12.9. The van der Waals surface area contributed by atoms with E-state index in [2.05, 4.69) is 16.0 Å². The molecule has 0 radical (unpaired) electrons. The minimum atomic E-state index is -0.233. The van der Waals surface area contributed by atoms with Gasteiger partial charge < -0.3 is 15.5 Å². The van der Waals surface area contributed by atoms with Crippen LogP contribution in [0.4, 0.5) is 10.5 Å². The van der Waals surface area contributed by atoms with Gasteiger partial charge in [-0.05, 0) is 55.5 Å². The zero-order valence-electron chi connectivity index (χ0n) is 18.5. The van der Waals surface area contributed by atoms with Crippen LogP contribution in [0.1, 0.15) is 24.0 Å². The molecule has 1 spiro atoms. The number of nitrogens with zero attached hydrogens (tertiary/aromatic N) is 1. The molecule has 9 heteroatoms. The fraction of sp³-hybridized carbons (Fsp3) is 0.417. The van der Waals surface area contributed by atoms with E-state index in [1.54, 1.807) is 23.9 Å². The molecule has 2 heterocycles. The van der Waals surface area contributed by atoms with Gasteiger partial charge in [0, 0.05) is 41.1 Å². The van der Waals surface area contributed by atoms with Crippen LogP contribution in [-0.2, 0) is 11.2 Å². The summed E-state index contributed by atoms with van der Waals surface area (Å²) in [4.78, 5) is 27.1. The number of carbonyl (C=O) groups excluding carboxylic acids is 2. The van der Waals surface area contributed by atoms with E-state index < -0.39 is 0 Å². The van der Waals surface area contributed by atoms with E-state index in [-0.39, 0.29) is 22.9 Å². The van der Waals surface area contributed by atoms with Gasteiger partial charge in [-0.15, -0.1) is 11.8 Å². The second-order valence-corrected chi connectivity index (χ2v) is 10.8. The minimum Gasteiger partial charge on any atom is -0.354 e. The topological polar surface area (TPSA) is 73.5 Å². The van der Waals surface area contributed by atoms with Crippen LogP contribution in [0.5, 0.6) is 0 Å². The van der Waals surface area contributed by atoms with Gasteiger partial charge in [-0.25, -0.2) is 4.79 Å². The highest BCUT2D eigenvalue weighted by atomic mass is 35.5. The van der Waals surface area contributed by atoms with Gasteiger partial charge in [-0.2, -0.15) is 0 Å². The number of aryl methyl sites for hydroxylation is 1. The van der Waals surface area contributed by atoms with Gasteiger partial charge in [-0.3, -0.25) is 10.1 Å². The molecule has 6 nitrogen and oxygen atoms in total. The van der Waals surface area contributed by atoms with Crippen LogP contribution in [0.3, 0.4) is 0 Å². The fourth-order valence-electron chi connectivity index (χ4n) is 4.22. The van der Waals surface area contributed by atoms with Gasteiger partial charge in [0.15, 0.2) is 0 Å². The molecule has 2 aliphatic rings. The lowest BCUT2D eigenvalue weighted by Gasteiger charge is -2.39. The van der Waals surface area contributed by atoms with Crippen molar-refractivity contribution >= 4 is 52.6 Å². The highest BCUT2D eigenvalue weighted by Gasteiger charge is 2.44. The van der Waals surface area contributed by atoms with E-state index in [9.17, 15) is 9.59 Å². The molecule has 2 saturated heterocycles. The Labute approximate surface area is 208 Å². The average Bonchev–Trinajstić information content (AvgIpc) is 3.21. The van der Waals surface area contributed by atoms with Crippen molar-refractivity contribution in [2.45, 2.75) is 37.1 Å². The van der Waals surface area contributed by atoms with Crippen LogP contribution < -0.4 is 16.0 Å². The number of halogens is 2. The molecule has 0 aromatic heterocycles. The maximum Gasteiger partial charge on any atom is 0.321 e. The molecule has 0 saturated carbocycles. The summed E-state index contributed by atoms with van der Waals surface area (Å²) in [5.74, 6) is 0.729. The Kier molecular flexibility index (Phi) is 7.74. The summed E-state index contributed by atoms with van der Waals surface area (Å²) in [7, 11) is 0. The summed E-state index contributed by atoms with van der Waals surface area (Å²) in [5.41, 5.74) is 2.84. The third-order valence-corrected chi connectivity index (χ3v) is 8.40. The van der Waals surface area contributed by atoms with Crippen LogP contribution >= 0.6 is 35.0 Å². The molecule has 2 fully saturated rings. The number of nitrogens with one attached hydrogen (secondary N) is 3. The molecule has 0 aliphatic carbocycles. The van der Waals surface area contributed by atoms with Crippen molar-refractivity contribution in [2.24, 2.45) is 0 Å². The number of anilines is 1. The number of benzene rings is 2. The molecule has 0 bridgehead atoms. The van der Waals surface area contributed by atoms with Crippen molar-refractivity contribution in [2.75, 3.05) is 30.7 Å². The molecule has 3 N–H and O–H groups in total. The Hall–Kier alpha value is -1.93. The number of piperidine rings is 1. The molecule has 33 heavy (non-hydrogen) atoms. The van der Waals surface area contributed by atoms with Crippen molar-refractivity contribution in [3.05, 3.63) is 63.6 Å². The van der Waals surface area contributed by atoms with Gasteiger partial charge >= 0.3 is 6.03 Å².